The second-order valence-corrected chi connectivity index (χ2v) is 5.89. The molecular weight excluding hydrogens is 324 g/mol. The van der Waals surface area contributed by atoms with Gasteiger partial charge < -0.3 is 5.32 Å². The molecular formula is C17H19ClN6. The molecule has 24 heavy (non-hydrogen) atoms. The minimum atomic E-state index is -0.0573. The first-order valence-corrected chi connectivity index (χ1v) is 8.23. The Morgan fingerprint density at radius 3 is 2.67 bits per heavy atom. The van der Waals surface area contributed by atoms with E-state index in [-0.39, 0.29) is 6.04 Å². The van der Waals surface area contributed by atoms with Gasteiger partial charge in [-0.05, 0) is 32.4 Å². The molecule has 2 heterocycles. The van der Waals surface area contributed by atoms with Crippen molar-refractivity contribution < 1.29 is 0 Å². The second kappa shape index (κ2) is 6.97. The summed E-state index contributed by atoms with van der Waals surface area (Å²) >= 11 is 6.23. The summed E-state index contributed by atoms with van der Waals surface area (Å²) in [5, 5.41) is 12.3. The van der Waals surface area contributed by atoms with E-state index in [1.54, 1.807) is 4.68 Å². The van der Waals surface area contributed by atoms with E-state index in [9.17, 15) is 0 Å². The van der Waals surface area contributed by atoms with Gasteiger partial charge in [0.1, 0.15) is 22.5 Å². The lowest BCUT2D eigenvalue weighted by molar-refractivity contribution is 0.777. The Morgan fingerprint density at radius 2 is 1.96 bits per heavy atom. The van der Waals surface area contributed by atoms with Crippen LogP contribution in [0.2, 0.25) is 5.15 Å². The molecule has 1 atom stereocenters. The minimum Gasteiger partial charge on any atom is -0.361 e. The van der Waals surface area contributed by atoms with Gasteiger partial charge in [-0.3, -0.25) is 0 Å². The number of halogens is 1. The molecule has 0 aliphatic heterocycles. The highest BCUT2D eigenvalue weighted by molar-refractivity contribution is 6.30. The van der Waals surface area contributed by atoms with E-state index in [1.165, 1.54) is 0 Å². The number of rotatable bonds is 5. The van der Waals surface area contributed by atoms with Crippen LogP contribution in [0.1, 0.15) is 37.0 Å². The van der Waals surface area contributed by atoms with Crippen molar-refractivity contribution in [1.29, 1.82) is 0 Å². The lowest BCUT2D eigenvalue weighted by Crippen LogP contribution is -2.12. The van der Waals surface area contributed by atoms with Crippen molar-refractivity contribution >= 4 is 17.4 Å². The van der Waals surface area contributed by atoms with Gasteiger partial charge in [-0.15, -0.1) is 5.10 Å². The maximum Gasteiger partial charge on any atom is 0.138 e. The maximum absolute atomic E-state index is 6.23. The molecule has 0 spiro atoms. The predicted molar refractivity (Wildman–Crippen MR) is 94.6 cm³/mol. The fraction of sp³-hybridized carbons (Fsp3) is 0.294. The van der Waals surface area contributed by atoms with E-state index < -0.39 is 0 Å². The highest BCUT2D eigenvalue weighted by Crippen LogP contribution is 2.25. The molecule has 124 valence electrons. The number of aryl methyl sites for hydroxylation is 1. The molecule has 0 aliphatic carbocycles. The number of nitrogens with zero attached hydrogens (tertiary/aromatic N) is 5. The first kappa shape index (κ1) is 16.4. The highest BCUT2D eigenvalue weighted by Gasteiger charge is 2.16. The molecule has 7 heteroatoms. The zero-order valence-corrected chi connectivity index (χ0v) is 14.6. The van der Waals surface area contributed by atoms with Gasteiger partial charge in [0.15, 0.2) is 0 Å². The van der Waals surface area contributed by atoms with Crippen molar-refractivity contribution in [3.05, 3.63) is 58.8 Å². The molecule has 0 fully saturated rings. The first-order chi connectivity index (χ1) is 11.6. The van der Waals surface area contributed by atoms with Gasteiger partial charge in [0.25, 0.3) is 0 Å². The molecule has 1 unspecified atom stereocenters. The Hall–Kier alpha value is -2.47. The molecule has 3 aromatic rings. The van der Waals surface area contributed by atoms with Crippen LogP contribution < -0.4 is 5.32 Å². The Kier molecular flexibility index (Phi) is 4.76. The first-order valence-electron chi connectivity index (χ1n) is 7.85. The zero-order valence-electron chi connectivity index (χ0n) is 13.9. The van der Waals surface area contributed by atoms with E-state index in [0.29, 0.717) is 11.0 Å². The van der Waals surface area contributed by atoms with E-state index in [1.807, 2.05) is 57.3 Å². The van der Waals surface area contributed by atoms with Gasteiger partial charge in [0.2, 0.25) is 0 Å². The molecule has 1 aromatic carbocycles. The summed E-state index contributed by atoms with van der Waals surface area (Å²) in [6.45, 7) is 5.87. The number of aromatic nitrogens is 5. The van der Waals surface area contributed by atoms with Crippen LogP contribution in [0.4, 0.5) is 5.82 Å². The largest absolute Gasteiger partial charge is 0.361 e. The predicted octanol–water partition coefficient (Wildman–Crippen LogP) is 3.75. The van der Waals surface area contributed by atoms with Gasteiger partial charge >= 0.3 is 0 Å². The van der Waals surface area contributed by atoms with E-state index in [4.69, 9.17) is 11.6 Å². The average molecular weight is 343 g/mol. The van der Waals surface area contributed by atoms with Crippen LogP contribution in [-0.2, 0) is 6.42 Å². The van der Waals surface area contributed by atoms with E-state index in [2.05, 4.69) is 25.6 Å². The molecule has 3 rings (SSSR count). The van der Waals surface area contributed by atoms with E-state index in [0.717, 1.165) is 29.2 Å². The molecule has 6 nitrogen and oxygen atoms in total. The number of hydrogen-bond donors (Lipinski definition) is 1. The summed E-state index contributed by atoms with van der Waals surface area (Å²) in [5.74, 6) is 1.39. The molecule has 0 saturated carbocycles. The Bertz CT molecular complexity index is 830. The van der Waals surface area contributed by atoms with E-state index >= 15 is 0 Å². The van der Waals surface area contributed by atoms with Crippen LogP contribution in [0.5, 0.6) is 0 Å². The van der Waals surface area contributed by atoms with Gasteiger partial charge in [0.05, 0.1) is 17.9 Å². The number of anilines is 1. The molecule has 0 amide bonds. The standard InChI is InChI=1S/C17H19ClN6/c1-4-14-16(18)20-12(3)21-17(14)19-11(2)15-10-24(23-22-15)13-8-6-5-7-9-13/h5-11H,4H2,1-3H3,(H,19,20,21). The Labute approximate surface area is 145 Å². The van der Waals surface area contributed by atoms with Crippen molar-refractivity contribution in [3.8, 4) is 5.69 Å². The smallest absolute Gasteiger partial charge is 0.138 e. The normalized spacial score (nSPS) is 12.2. The van der Waals surface area contributed by atoms with Gasteiger partial charge in [0, 0.05) is 5.56 Å². The number of nitrogens with one attached hydrogen (secondary N) is 1. The number of para-hydroxylation sites is 1. The van der Waals surface area contributed by atoms with Crippen LogP contribution in [0.3, 0.4) is 0 Å². The fourth-order valence-electron chi connectivity index (χ4n) is 2.46. The van der Waals surface area contributed by atoms with Crippen LogP contribution in [0.25, 0.3) is 5.69 Å². The summed E-state index contributed by atoms with van der Waals surface area (Å²) in [6, 6.07) is 9.82. The maximum atomic E-state index is 6.23. The third kappa shape index (κ3) is 3.38. The van der Waals surface area contributed by atoms with Crippen molar-refractivity contribution in [2.75, 3.05) is 5.32 Å². The number of benzene rings is 1. The zero-order chi connectivity index (χ0) is 17.1. The highest BCUT2D eigenvalue weighted by atomic mass is 35.5. The average Bonchev–Trinajstić information content (AvgIpc) is 3.05. The van der Waals surface area contributed by atoms with Crippen molar-refractivity contribution in [1.82, 2.24) is 25.0 Å². The quantitative estimate of drug-likeness (QED) is 0.715. The topological polar surface area (TPSA) is 68.5 Å². The Morgan fingerprint density at radius 1 is 1.21 bits per heavy atom. The second-order valence-electron chi connectivity index (χ2n) is 5.53. The molecule has 0 bridgehead atoms. The summed E-state index contributed by atoms with van der Waals surface area (Å²) in [6.07, 6.45) is 2.67. The fourth-order valence-corrected chi connectivity index (χ4v) is 2.80. The lowest BCUT2D eigenvalue weighted by atomic mass is 10.2. The summed E-state index contributed by atoms with van der Waals surface area (Å²) in [5.41, 5.74) is 2.71. The van der Waals surface area contributed by atoms with Gasteiger partial charge in [-0.1, -0.05) is 41.9 Å². The molecule has 0 saturated heterocycles. The SMILES string of the molecule is CCc1c(Cl)nc(C)nc1NC(C)c1cn(-c2ccccc2)nn1. The van der Waals surface area contributed by atoms with Crippen molar-refractivity contribution in [2.24, 2.45) is 0 Å². The van der Waals surface area contributed by atoms with Gasteiger partial charge in [-0.25, -0.2) is 14.6 Å². The van der Waals surface area contributed by atoms with Crippen molar-refractivity contribution in [2.45, 2.75) is 33.2 Å². The van der Waals surface area contributed by atoms with Crippen LogP contribution in [0, 0.1) is 6.92 Å². The minimum absolute atomic E-state index is 0.0573. The molecule has 0 radical (unpaired) electrons. The molecule has 2 aromatic heterocycles. The lowest BCUT2D eigenvalue weighted by Gasteiger charge is -2.15. The summed E-state index contributed by atoms with van der Waals surface area (Å²) in [7, 11) is 0. The van der Waals surface area contributed by atoms with Crippen LogP contribution >= 0.6 is 11.6 Å². The Balaban J connectivity index is 1.84. The molecule has 0 aliphatic rings. The van der Waals surface area contributed by atoms with Crippen molar-refractivity contribution in [3.63, 3.8) is 0 Å². The summed E-state index contributed by atoms with van der Waals surface area (Å²) in [4.78, 5) is 8.68. The van der Waals surface area contributed by atoms with Gasteiger partial charge in [-0.2, -0.15) is 0 Å². The third-order valence-electron chi connectivity index (χ3n) is 3.75. The van der Waals surface area contributed by atoms with Crippen LogP contribution in [-0.4, -0.2) is 25.0 Å². The molecule has 1 N–H and O–H groups in total. The third-order valence-corrected chi connectivity index (χ3v) is 4.06. The summed E-state index contributed by atoms with van der Waals surface area (Å²) < 4.78 is 1.76. The monoisotopic (exact) mass is 342 g/mol. The van der Waals surface area contributed by atoms with Crippen LogP contribution in [0.15, 0.2) is 36.5 Å². The number of hydrogen-bond acceptors (Lipinski definition) is 5.